The molecule has 0 saturated carbocycles. The van der Waals surface area contributed by atoms with Crippen molar-refractivity contribution in [1.82, 2.24) is 0 Å². The average molecular weight is 385 g/mol. The highest BCUT2D eigenvalue weighted by Crippen LogP contribution is 2.29. The first-order valence-electron chi connectivity index (χ1n) is 9.37. The van der Waals surface area contributed by atoms with Crippen molar-refractivity contribution in [2.45, 2.75) is 57.1 Å². The first-order chi connectivity index (χ1) is 12.9. The molecule has 0 spiro atoms. The molecule has 0 bridgehead atoms. The van der Waals surface area contributed by atoms with E-state index >= 15 is 0 Å². The van der Waals surface area contributed by atoms with E-state index in [-0.39, 0.29) is 17.1 Å². The molecule has 0 saturated heterocycles. The average Bonchev–Trinajstić information content (AvgIpc) is 2.63. The Labute approximate surface area is 166 Å². The maximum absolute atomic E-state index is 12.7. The Bertz CT molecular complexity index is 805. The van der Waals surface area contributed by atoms with Gasteiger partial charge in [0.1, 0.15) is 0 Å². The molecule has 0 aliphatic rings. The Hall–Kier alpha value is -2.27. The van der Waals surface area contributed by atoms with Gasteiger partial charge in [-0.3, -0.25) is 9.59 Å². The van der Waals surface area contributed by atoms with Crippen molar-refractivity contribution in [3.05, 3.63) is 53.6 Å². The van der Waals surface area contributed by atoms with E-state index in [9.17, 15) is 9.59 Å². The molecule has 0 radical (unpaired) electrons. The number of amides is 2. The Balaban J connectivity index is 2.03. The molecule has 1 atom stereocenters. The minimum absolute atomic E-state index is 0.00817. The Morgan fingerprint density at radius 1 is 0.963 bits per heavy atom. The van der Waals surface area contributed by atoms with Crippen LogP contribution < -0.4 is 10.6 Å². The molecule has 0 aliphatic carbocycles. The van der Waals surface area contributed by atoms with Crippen LogP contribution in [-0.4, -0.2) is 17.1 Å². The summed E-state index contributed by atoms with van der Waals surface area (Å²) in [5.74, 6) is 0.00495. The highest BCUT2D eigenvalue weighted by Gasteiger charge is 2.18. The maximum atomic E-state index is 12.7. The molecule has 2 N–H and O–H groups in total. The summed E-state index contributed by atoms with van der Waals surface area (Å²) in [5, 5.41) is 5.72. The van der Waals surface area contributed by atoms with Gasteiger partial charge >= 0.3 is 0 Å². The Morgan fingerprint density at radius 2 is 1.70 bits per heavy atom. The third-order valence-corrected chi connectivity index (χ3v) is 5.67. The predicted octanol–water partition coefficient (Wildman–Crippen LogP) is 5.55. The molecular formula is C22H28N2O2S. The number of aryl methyl sites for hydroxylation is 2. The molecule has 2 amide bonds. The predicted molar refractivity (Wildman–Crippen MR) is 114 cm³/mol. The number of hydrogen-bond donors (Lipinski definition) is 2. The lowest BCUT2D eigenvalue weighted by Gasteiger charge is -2.16. The van der Waals surface area contributed by atoms with Crippen LogP contribution in [0.5, 0.6) is 0 Å². The largest absolute Gasteiger partial charge is 0.326 e. The highest BCUT2D eigenvalue weighted by atomic mass is 32.2. The molecule has 27 heavy (non-hydrogen) atoms. The van der Waals surface area contributed by atoms with Gasteiger partial charge in [0.15, 0.2) is 0 Å². The van der Waals surface area contributed by atoms with Gasteiger partial charge in [0.25, 0.3) is 0 Å². The van der Waals surface area contributed by atoms with Crippen molar-refractivity contribution in [3.63, 3.8) is 0 Å². The molecule has 144 valence electrons. The molecule has 1 unspecified atom stereocenters. The summed E-state index contributed by atoms with van der Waals surface area (Å²) in [5.41, 5.74) is 3.95. The van der Waals surface area contributed by atoms with E-state index in [2.05, 4.69) is 17.6 Å². The van der Waals surface area contributed by atoms with Crippen molar-refractivity contribution in [2.24, 2.45) is 0 Å². The van der Waals surface area contributed by atoms with Gasteiger partial charge in [-0.1, -0.05) is 26.0 Å². The summed E-state index contributed by atoms with van der Waals surface area (Å²) < 4.78 is 0. The van der Waals surface area contributed by atoms with Crippen LogP contribution in [0.3, 0.4) is 0 Å². The standard InChI is InChI=1S/C22H28N2O2S/c1-5-8-21(25)23-17-9-7-10-19(14-17)27-20(6-2)22(26)24-18-12-11-15(3)16(4)13-18/h7,9-14,20H,5-6,8H2,1-4H3,(H,23,25)(H,24,26). The van der Waals surface area contributed by atoms with Crippen molar-refractivity contribution in [1.29, 1.82) is 0 Å². The first kappa shape index (κ1) is 21.0. The molecule has 0 fully saturated rings. The summed E-state index contributed by atoms with van der Waals surface area (Å²) in [6.07, 6.45) is 2.04. The third kappa shape index (κ3) is 6.43. The third-order valence-electron chi connectivity index (χ3n) is 4.31. The zero-order chi connectivity index (χ0) is 19.8. The summed E-state index contributed by atoms with van der Waals surface area (Å²) in [6, 6.07) is 13.6. The van der Waals surface area contributed by atoms with E-state index in [1.807, 2.05) is 63.2 Å². The smallest absolute Gasteiger partial charge is 0.237 e. The Morgan fingerprint density at radius 3 is 2.37 bits per heavy atom. The minimum Gasteiger partial charge on any atom is -0.326 e. The summed E-state index contributed by atoms with van der Waals surface area (Å²) in [4.78, 5) is 25.4. The van der Waals surface area contributed by atoms with Crippen LogP contribution in [0.1, 0.15) is 44.2 Å². The van der Waals surface area contributed by atoms with E-state index in [1.54, 1.807) is 0 Å². The van der Waals surface area contributed by atoms with E-state index in [4.69, 9.17) is 0 Å². The van der Waals surface area contributed by atoms with Crippen molar-refractivity contribution in [2.75, 3.05) is 10.6 Å². The number of carbonyl (C=O) groups is 2. The number of thioether (sulfide) groups is 1. The molecule has 2 aromatic rings. The molecule has 4 nitrogen and oxygen atoms in total. The van der Waals surface area contributed by atoms with Crippen LogP contribution in [0.15, 0.2) is 47.4 Å². The fraction of sp³-hybridized carbons (Fsp3) is 0.364. The fourth-order valence-electron chi connectivity index (χ4n) is 2.63. The van der Waals surface area contributed by atoms with E-state index < -0.39 is 0 Å². The van der Waals surface area contributed by atoms with Crippen LogP contribution in [0.4, 0.5) is 11.4 Å². The Kier molecular flexibility index (Phi) is 7.92. The second kappa shape index (κ2) is 10.2. The summed E-state index contributed by atoms with van der Waals surface area (Å²) in [7, 11) is 0. The van der Waals surface area contributed by atoms with Crippen molar-refractivity contribution >= 4 is 35.0 Å². The zero-order valence-electron chi connectivity index (χ0n) is 16.5. The second-order valence-electron chi connectivity index (χ2n) is 6.63. The SMILES string of the molecule is CCCC(=O)Nc1cccc(SC(CC)C(=O)Nc2ccc(C)c(C)c2)c1. The minimum atomic E-state index is -0.201. The molecule has 0 aromatic heterocycles. The molecular weight excluding hydrogens is 356 g/mol. The number of nitrogens with one attached hydrogen (secondary N) is 2. The van der Waals surface area contributed by atoms with Gasteiger partial charge in [0.05, 0.1) is 5.25 Å². The monoisotopic (exact) mass is 384 g/mol. The number of anilines is 2. The molecule has 0 aliphatic heterocycles. The van der Waals surface area contributed by atoms with Gasteiger partial charge < -0.3 is 10.6 Å². The maximum Gasteiger partial charge on any atom is 0.237 e. The van der Waals surface area contributed by atoms with Crippen molar-refractivity contribution < 1.29 is 9.59 Å². The number of hydrogen-bond acceptors (Lipinski definition) is 3. The molecule has 2 rings (SSSR count). The van der Waals surface area contributed by atoms with Crippen molar-refractivity contribution in [3.8, 4) is 0 Å². The van der Waals surface area contributed by atoms with Gasteiger partial charge in [-0.15, -0.1) is 11.8 Å². The lowest BCUT2D eigenvalue weighted by molar-refractivity contribution is -0.116. The second-order valence-corrected chi connectivity index (χ2v) is 7.91. The number of rotatable bonds is 8. The zero-order valence-corrected chi connectivity index (χ0v) is 17.3. The summed E-state index contributed by atoms with van der Waals surface area (Å²) >= 11 is 1.51. The normalized spacial score (nSPS) is 11.7. The van der Waals surface area contributed by atoms with E-state index in [0.29, 0.717) is 12.8 Å². The van der Waals surface area contributed by atoms with Crippen LogP contribution in [-0.2, 0) is 9.59 Å². The van der Waals surface area contributed by atoms with Crippen LogP contribution in [0.2, 0.25) is 0 Å². The van der Waals surface area contributed by atoms with Crippen LogP contribution in [0, 0.1) is 13.8 Å². The van der Waals surface area contributed by atoms with Gasteiger partial charge in [-0.05, 0) is 68.1 Å². The highest BCUT2D eigenvalue weighted by molar-refractivity contribution is 8.00. The van der Waals surface area contributed by atoms with E-state index in [0.717, 1.165) is 28.3 Å². The van der Waals surface area contributed by atoms with Gasteiger partial charge in [-0.2, -0.15) is 0 Å². The van der Waals surface area contributed by atoms with Crippen LogP contribution >= 0.6 is 11.8 Å². The van der Waals surface area contributed by atoms with Gasteiger partial charge in [-0.25, -0.2) is 0 Å². The quantitative estimate of drug-likeness (QED) is 0.587. The fourth-order valence-corrected chi connectivity index (χ4v) is 3.64. The van der Waals surface area contributed by atoms with Gasteiger partial charge in [0, 0.05) is 22.7 Å². The number of benzene rings is 2. The van der Waals surface area contributed by atoms with E-state index in [1.165, 1.54) is 17.3 Å². The topological polar surface area (TPSA) is 58.2 Å². The van der Waals surface area contributed by atoms with Gasteiger partial charge in [0.2, 0.25) is 11.8 Å². The molecule has 0 heterocycles. The number of carbonyl (C=O) groups excluding carboxylic acids is 2. The molecule has 2 aromatic carbocycles. The first-order valence-corrected chi connectivity index (χ1v) is 10.3. The molecule has 5 heteroatoms. The lowest BCUT2D eigenvalue weighted by atomic mass is 10.1. The lowest BCUT2D eigenvalue weighted by Crippen LogP contribution is -2.24. The summed E-state index contributed by atoms with van der Waals surface area (Å²) in [6.45, 7) is 8.07. The van der Waals surface area contributed by atoms with Crippen LogP contribution in [0.25, 0.3) is 0 Å².